The topological polar surface area (TPSA) is 3.24 Å². The molecule has 0 aromatic carbocycles. The summed E-state index contributed by atoms with van der Waals surface area (Å²) >= 11 is 0. The number of nitrogens with zero attached hydrogens (tertiary/aromatic N) is 1. The largest absolute Gasteiger partial charge is 0.337 e. The van der Waals surface area contributed by atoms with E-state index in [0.29, 0.717) is 5.54 Å². The molecule has 1 aliphatic rings. The Kier molecular flexibility index (Phi) is 2.33. The summed E-state index contributed by atoms with van der Waals surface area (Å²) in [5.41, 5.74) is 0.365. The van der Waals surface area contributed by atoms with E-state index in [2.05, 4.69) is 39.3 Å². The lowest BCUT2D eigenvalue weighted by Crippen LogP contribution is -2.45. The van der Waals surface area contributed by atoms with Gasteiger partial charge >= 0.3 is 0 Å². The van der Waals surface area contributed by atoms with Crippen LogP contribution < -0.4 is 0 Å². The Hall–Kier alpha value is 0.0249. The minimum atomic E-state index is 0.365. The highest BCUT2D eigenvalue weighted by molar-refractivity contribution is 6.55. The van der Waals surface area contributed by atoms with E-state index in [1.54, 1.807) is 0 Å². The third-order valence-corrected chi connectivity index (χ3v) is 2.65. The molecule has 1 rings (SSSR count). The number of rotatable bonds is 0. The molecule has 2 heteroatoms. The van der Waals surface area contributed by atoms with E-state index >= 15 is 0 Å². The molecule has 0 saturated carbocycles. The minimum Gasteiger partial charge on any atom is -0.337 e. The SMILES string of the molecule is CB1CC(C)CN1C(C)(C)C. The van der Waals surface area contributed by atoms with Gasteiger partial charge in [0.2, 0.25) is 6.85 Å². The summed E-state index contributed by atoms with van der Waals surface area (Å²) in [4.78, 5) is 2.61. The van der Waals surface area contributed by atoms with Crippen molar-refractivity contribution in [2.45, 2.75) is 46.4 Å². The van der Waals surface area contributed by atoms with E-state index in [9.17, 15) is 0 Å². The maximum Gasteiger partial charge on any atom is 0.220 e. The molecule has 11 heavy (non-hydrogen) atoms. The number of hydrogen-bond acceptors (Lipinski definition) is 1. The third kappa shape index (κ3) is 1.99. The number of hydrogen-bond donors (Lipinski definition) is 0. The Bertz CT molecular complexity index is 139. The van der Waals surface area contributed by atoms with Gasteiger partial charge in [-0.05, 0) is 33.2 Å². The fourth-order valence-electron chi connectivity index (χ4n) is 2.23. The standard InChI is InChI=1S/C9H20BN/c1-8-6-10(5)11(7-8)9(2,3)4/h8H,6-7H2,1-5H3. The van der Waals surface area contributed by atoms with Crippen molar-refractivity contribution in [2.24, 2.45) is 5.92 Å². The van der Waals surface area contributed by atoms with Crippen molar-refractivity contribution in [1.82, 2.24) is 4.81 Å². The first-order valence-corrected chi connectivity index (χ1v) is 4.68. The molecule has 1 heterocycles. The Morgan fingerprint density at radius 2 is 1.91 bits per heavy atom. The summed E-state index contributed by atoms with van der Waals surface area (Å²) in [5.74, 6) is 0.893. The second-order valence-corrected chi connectivity index (χ2v) is 5.01. The van der Waals surface area contributed by atoms with E-state index in [1.807, 2.05) is 0 Å². The Morgan fingerprint density at radius 3 is 2.09 bits per heavy atom. The highest BCUT2D eigenvalue weighted by Gasteiger charge is 2.35. The zero-order valence-corrected chi connectivity index (χ0v) is 8.52. The molecule has 0 aromatic rings. The Morgan fingerprint density at radius 1 is 1.36 bits per heavy atom. The van der Waals surface area contributed by atoms with Crippen molar-refractivity contribution in [2.75, 3.05) is 6.54 Å². The second kappa shape index (κ2) is 2.82. The summed E-state index contributed by atoms with van der Waals surface area (Å²) in [6.07, 6.45) is 1.37. The molecule has 1 atom stereocenters. The smallest absolute Gasteiger partial charge is 0.220 e. The Labute approximate surface area is 71.3 Å². The van der Waals surface area contributed by atoms with Gasteiger partial charge in [-0.3, -0.25) is 0 Å². The average molecular weight is 153 g/mol. The maximum absolute atomic E-state index is 2.61. The van der Waals surface area contributed by atoms with Crippen LogP contribution in [0.25, 0.3) is 0 Å². The fraction of sp³-hybridized carbons (Fsp3) is 1.00. The Balaban J connectivity index is 2.60. The molecular formula is C9H20BN. The van der Waals surface area contributed by atoms with Crippen LogP contribution in [0.5, 0.6) is 0 Å². The van der Waals surface area contributed by atoms with Crippen LogP contribution in [0.15, 0.2) is 0 Å². The first-order chi connectivity index (χ1) is 4.91. The van der Waals surface area contributed by atoms with Crippen molar-refractivity contribution in [3.63, 3.8) is 0 Å². The van der Waals surface area contributed by atoms with Crippen LogP contribution in [0.1, 0.15) is 27.7 Å². The lowest BCUT2D eigenvalue weighted by molar-refractivity contribution is 0.250. The molecule has 0 amide bonds. The van der Waals surface area contributed by atoms with Gasteiger partial charge in [-0.15, -0.1) is 0 Å². The molecule has 0 bridgehead atoms. The molecule has 0 aliphatic carbocycles. The van der Waals surface area contributed by atoms with Crippen LogP contribution in [0.2, 0.25) is 13.1 Å². The van der Waals surface area contributed by atoms with Crippen molar-refractivity contribution < 1.29 is 0 Å². The van der Waals surface area contributed by atoms with Crippen LogP contribution in [0.4, 0.5) is 0 Å². The van der Waals surface area contributed by atoms with Gasteiger partial charge in [0.25, 0.3) is 0 Å². The highest BCUT2D eigenvalue weighted by atomic mass is 15.1. The predicted octanol–water partition coefficient (Wildman–Crippen LogP) is 2.36. The third-order valence-electron chi connectivity index (χ3n) is 2.65. The lowest BCUT2D eigenvalue weighted by atomic mass is 9.60. The molecule has 64 valence electrons. The first kappa shape index (κ1) is 9.12. The van der Waals surface area contributed by atoms with Crippen molar-refractivity contribution >= 4 is 6.85 Å². The zero-order valence-electron chi connectivity index (χ0n) is 8.52. The van der Waals surface area contributed by atoms with Crippen LogP contribution in [-0.4, -0.2) is 23.7 Å². The zero-order chi connectivity index (χ0) is 8.65. The summed E-state index contributed by atoms with van der Waals surface area (Å²) in [5, 5.41) is 0. The predicted molar refractivity (Wildman–Crippen MR) is 52.0 cm³/mol. The minimum absolute atomic E-state index is 0.365. The van der Waals surface area contributed by atoms with Gasteiger partial charge in [0.15, 0.2) is 0 Å². The van der Waals surface area contributed by atoms with Crippen LogP contribution in [0, 0.1) is 5.92 Å². The van der Waals surface area contributed by atoms with E-state index < -0.39 is 0 Å². The van der Waals surface area contributed by atoms with Crippen molar-refractivity contribution in [3.05, 3.63) is 0 Å². The van der Waals surface area contributed by atoms with E-state index in [1.165, 1.54) is 12.9 Å². The van der Waals surface area contributed by atoms with Gasteiger partial charge < -0.3 is 4.81 Å². The highest BCUT2D eigenvalue weighted by Crippen LogP contribution is 2.27. The van der Waals surface area contributed by atoms with Crippen LogP contribution in [-0.2, 0) is 0 Å². The molecule has 1 unspecified atom stereocenters. The summed E-state index contributed by atoms with van der Waals surface area (Å²) in [6, 6.07) is 0. The van der Waals surface area contributed by atoms with Crippen LogP contribution >= 0.6 is 0 Å². The second-order valence-electron chi connectivity index (χ2n) is 5.01. The monoisotopic (exact) mass is 153 g/mol. The normalized spacial score (nSPS) is 28.1. The maximum atomic E-state index is 2.61. The molecule has 1 aliphatic heterocycles. The van der Waals surface area contributed by atoms with Gasteiger partial charge in [0, 0.05) is 5.54 Å². The molecule has 0 N–H and O–H groups in total. The molecule has 1 nitrogen and oxygen atoms in total. The molecule has 1 saturated heterocycles. The average Bonchev–Trinajstić information content (AvgIpc) is 2.08. The fourth-order valence-corrected chi connectivity index (χ4v) is 2.23. The molecular weight excluding hydrogens is 133 g/mol. The van der Waals surface area contributed by atoms with Crippen molar-refractivity contribution in [1.29, 1.82) is 0 Å². The summed E-state index contributed by atoms with van der Waals surface area (Å²) in [7, 11) is 0. The van der Waals surface area contributed by atoms with Gasteiger partial charge in [-0.1, -0.05) is 20.1 Å². The van der Waals surface area contributed by atoms with E-state index in [0.717, 1.165) is 12.8 Å². The lowest BCUT2D eigenvalue weighted by Gasteiger charge is -2.35. The van der Waals surface area contributed by atoms with Gasteiger partial charge in [0.1, 0.15) is 0 Å². The quantitative estimate of drug-likeness (QED) is 0.483. The molecule has 0 spiro atoms. The van der Waals surface area contributed by atoms with Gasteiger partial charge in [-0.2, -0.15) is 0 Å². The van der Waals surface area contributed by atoms with Crippen LogP contribution in [0.3, 0.4) is 0 Å². The van der Waals surface area contributed by atoms with Crippen molar-refractivity contribution in [3.8, 4) is 0 Å². The first-order valence-electron chi connectivity index (χ1n) is 4.68. The summed E-state index contributed by atoms with van der Waals surface area (Å²) in [6.45, 7) is 13.7. The molecule has 0 radical (unpaired) electrons. The van der Waals surface area contributed by atoms with E-state index in [4.69, 9.17) is 0 Å². The van der Waals surface area contributed by atoms with Gasteiger partial charge in [0.05, 0.1) is 0 Å². The van der Waals surface area contributed by atoms with E-state index in [-0.39, 0.29) is 0 Å². The summed E-state index contributed by atoms with van der Waals surface area (Å²) < 4.78 is 0. The molecule has 0 aromatic heterocycles. The van der Waals surface area contributed by atoms with Gasteiger partial charge in [-0.25, -0.2) is 0 Å². The molecule has 1 fully saturated rings.